The van der Waals surface area contributed by atoms with Gasteiger partial charge in [0.15, 0.2) is 0 Å². The molecule has 0 aliphatic rings. The van der Waals surface area contributed by atoms with Gasteiger partial charge in [-0.05, 0) is 46.1 Å². The summed E-state index contributed by atoms with van der Waals surface area (Å²) in [5.74, 6) is -0.288. The van der Waals surface area contributed by atoms with Crippen molar-refractivity contribution >= 4 is 15.9 Å². The average molecular weight is 309 g/mol. The molecule has 0 aliphatic carbocycles. The molecule has 1 N–H and O–H groups in total. The summed E-state index contributed by atoms with van der Waals surface area (Å²) in [4.78, 5) is 0. The summed E-state index contributed by atoms with van der Waals surface area (Å²) in [5.41, 5.74) is 2.94. The minimum atomic E-state index is -0.567. The maximum Gasteiger partial charge on any atom is 0.137 e. The van der Waals surface area contributed by atoms with E-state index in [1.807, 2.05) is 31.2 Å². The van der Waals surface area contributed by atoms with Crippen LogP contribution in [0.5, 0.6) is 0 Å². The highest BCUT2D eigenvalue weighted by Crippen LogP contribution is 2.22. The van der Waals surface area contributed by atoms with E-state index in [4.69, 9.17) is 0 Å². The van der Waals surface area contributed by atoms with Crippen LogP contribution in [0.15, 0.2) is 46.9 Å². The topological polar surface area (TPSA) is 20.2 Å². The molecule has 0 aromatic heterocycles. The van der Waals surface area contributed by atoms with Crippen molar-refractivity contribution in [1.29, 1.82) is 0 Å². The fourth-order valence-corrected chi connectivity index (χ4v) is 2.22. The van der Waals surface area contributed by atoms with Crippen molar-refractivity contribution in [3.8, 4) is 0 Å². The third kappa shape index (κ3) is 3.18. The minimum absolute atomic E-state index is 0.288. The molecule has 3 heteroatoms. The Morgan fingerprint density at radius 1 is 1.17 bits per heavy atom. The van der Waals surface area contributed by atoms with Gasteiger partial charge in [-0.2, -0.15) is 0 Å². The summed E-state index contributed by atoms with van der Waals surface area (Å²) in [7, 11) is 0. The van der Waals surface area contributed by atoms with Crippen molar-refractivity contribution in [3.05, 3.63) is 69.4 Å². The Labute approximate surface area is 114 Å². The molecule has 0 heterocycles. The van der Waals surface area contributed by atoms with Crippen molar-refractivity contribution in [2.75, 3.05) is 0 Å². The fraction of sp³-hybridized carbons (Fsp3) is 0.200. The van der Waals surface area contributed by atoms with Crippen LogP contribution in [0.1, 0.15) is 22.8 Å². The maximum atomic E-state index is 13.1. The van der Waals surface area contributed by atoms with Crippen LogP contribution in [0, 0.1) is 12.7 Å². The number of aliphatic hydroxyl groups excluding tert-OH is 1. The van der Waals surface area contributed by atoms with E-state index in [-0.39, 0.29) is 5.82 Å². The molecule has 0 spiro atoms. The molecule has 0 saturated carbocycles. The molecule has 1 atom stereocenters. The number of hydrogen-bond acceptors (Lipinski definition) is 1. The molecular formula is C15H14BrFO. The van der Waals surface area contributed by atoms with Gasteiger partial charge in [-0.1, -0.05) is 35.9 Å². The standard InChI is InChI=1S/C15H14BrFO/c1-10-2-5-12(6-3-10)15(18)9-11-4-7-14(17)13(16)8-11/h2-8,15,18H,9H2,1H3. The van der Waals surface area contributed by atoms with E-state index >= 15 is 0 Å². The van der Waals surface area contributed by atoms with Gasteiger partial charge in [-0.15, -0.1) is 0 Å². The highest BCUT2D eigenvalue weighted by Gasteiger charge is 2.09. The van der Waals surface area contributed by atoms with E-state index in [9.17, 15) is 9.50 Å². The van der Waals surface area contributed by atoms with Gasteiger partial charge in [0.1, 0.15) is 5.82 Å². The molecule has 0 fully saturated rings. The zero-order chi connectivity index (χ0) is 13.1. The highest BCUT2D eigenvalue weighted by atomic mass is 79.9. The van der Waals surface area contributed by atoms with Crippen molar-refractivity contribution in [1.82, 2.24) is 0 Å². The number of hydrogen-bond donors (Lipinski definition) is 1. The zero-order valence-corrected chi connectivity index (χ0v) is 11.6. The Balaban J connectivity index is 2.13. The molecule has 0 bridgehead atoms. The first-order valence-corrected chi connectivity index (χ1v) is 6.54. The average Bonchev–Trinajstić information content (AvgIpc) is 2.34. The Morgan fingerprint density at radius 2 is 1.83 bits per heavy atom. The lowest BCUT2D eigenvalue weighted by atomic mass is 10.0. The van der Waals surface area contributed by atoms with Gasteiger partial charge in [0, 0.05) is 6.42 Å². The molecule has 0 saturated heterocycles. The molecule has 0 amide bonds. The number of halogens is 2. The fourth-order valence-electron chi connectivity index (χ4n) is 1.80. The largest absolute Gasteiger partial charge is 0.388 e. The third-order valence-corrected chi connectivity index (χ3v) is 3.48. The first kappa shape index (κ1) is 13.2. The summed E-state index contributed by atoms with van der Waals surface area (Å²) in [5, 5.41) is 10.1. The second-order valence-electron chi connectivity index (χ2n) is 4.38. The quantitative estimate of drug-likeness (QED) is 0.902. The van der Waals surface area contributed by atoms with Crippen LogP contribution < -0.4 is 0 Å². The number of aliphatic hydroxyl groups is 1. The molecule has 18 heavy (non-hydrogen) atoms. The van der Waals surface area contributed by atoms with Crippen LogP contribution in [0.25, 0.3) is 0 Å². The van der Waals surface area contributed by atoms with Crippen LogP contribution in [0.4, 0.5) is 4.39 Å². The summed E-state index contributed by atoms with van der Waals surface area (Å²) in [6.07, 6.45) is -0.0926. The van der Waals surface area contributed by atoms with E-state index in [2.05, 4.69) is 15.9 Å². The lowest BCUT2D eigenvalue weighted by Crippen LogP contribution is -2.02. The zero-order valence-electron chi connectivity index (χ0n) is 10.0. The van der Waals surface area contributed by atoms with Gasteiger partial charge in [-0.3, -0.25) is 0 Å². The van der Waals surface area contributed by atoms with Gasteiger partial charge < -0.3 is 5.11 Å². The summed E-state index contributed by atoms with van der Waals surface area (Å²) in [6, 6.07) is 12.6. The van der Waals surface area contributed by atoms with E-state index < -0.39 is 6.10 Å². The summed E-state index contributed by atoms with van der Waals surface area (Å²) >= 11 is 3.15. The minimum Gasteiger partial charge on any atom is -0.388 e. The Kier molecular flexibility index (Phi) is 4.15. The number of benzene rings is 2. The Bertz CT molecular complexity index is 537. The van der Waals surface area contributed by atoms with Crippen LogP contribution in [-0.4, -0.2) is 5.11 Å². The predicted molar refractivity (Wildman–Crippen MR) is 73.9 cm³/mol. The second-order valence-corrected chi connectivity index (χ2v) is 5.23. The molecule has 2 aromatic rings. The van der Waals surface area contributed by atoms with Crippen LogP contribution in [0.2, 0.25) is 0 Å². The Morgan fingerprint density at radius 3 is 2.44 bits per heavy atom. The molecule has 94 valence electrons. The molecule has 0 aliphatic heterocycles. The highest BCUT2D eigenvalue weighted by molar-refractivity contribution is 9.10. The monoisotopic (exact) mass is 308 g/mol. The second kappa shape index (κ2) is 5.63. The molecule has 0 radical (unpaired) electrons. The van der Waals surface area contributed by atoms with Crippen molar-refractivity contribution in [2.45, 2.75) is 19.4 Å². The number of rotatable bonds is 3. The van der Waals surface area contributed by atoms with E-state index in [1.54, 1.807) is 12.1 Å². The lowest BCUT2D eigenvalue weighted by molar-refractivity contribution is 0.178. The smallest absolute Gasteiger partial charge is 0.137 e. The molecule has 2 rings (SSSR count). The van der Waals surface area contributed by atoms with Crippen LogP contribution >= 0.6 is 15.9 Å². The van der Waals surface area contributed by atoms with Gasteiger partial charge in [-0.25, -0.2) is 4.39 Å². The van der Waals surface area contributed by atoms with E-state index in [0.29, 0.717) is 10.9 Å². The molecule has 1 unspecified atom stereocenters. The normalized spacial score (nSPS) is 12.4. The summed E-state index contributed by atoms with van der Waals surface area (Å²) in [6.45, 7) is 2.01. The first-order valence-electron chi connectivity index (χ1n) is 5.75. The SMILES string of the molecule is Cc1ccc(C(O)Cc2ccc(F)c(Br)c2)cc1. The van der Waals surface area contributed by atoms with Gasteiger partial charge >= 0.3 is 0 Å². The lowest BCUT2D eigenvalue weighted by Gasteiger charge is -2.11. The van der Waals surface area contributed by atoms with Crippen molar-refractivity contribution in [2.24, 2.45) is 0 Å². The summed E-state index contributed by atoms with van der Waals surface area (Å²) < 4.78 is 13.5. The van der Waals surface area contributed by atoms with Gasteiger partial charge in [0.05, 0.1) is 10.6 Å². The molecule has 1 nitrogen and oxygen atoms in total. The maximum absolute atomic E-state index is 13.1. The predicted octanol–water partition coefficient (Wildman–Crippen LogP) is 4.17. The van der Waals surface area contributed by atoms with Gasteiger partial charge in [0.25, 0.3) is 0 Å². The van der Waals surface area contributed by atoms with Crippen molar-refractivity contribution < 1.29 is 9.50 Å². The van der Waals surface area contributed by atoms with E-state index in [1.165, 1.54) is 6.07 Å². The van der Waals surface area contributed by atoms with Crippen LogP contribution in [0.3, 0.4) is 0 Å². The van der Waals surface area contributed by atoms with E-state index in [0.717, 1.165) is 16.7 Å². The van der Waals surface area contributed by atoms with Crippen LogP contribution in [-0.2, 0) is 6.42 Å². The third-order valence-electron chi connectivity index (χ3n) is 2.88. The molecular weight excluding hydrogens is 295 g/mol. The van der Waals surface area contributed by atoms with Crippen molar-refractivity contribution in [3.63, 3.8) is 0 Å². The Hall–Kier alpha value is -1.19. The number of aryl methyl sites for hydroxylation is 1. The van der Waals surface area contributed by atoms with Gasteiger partial charge in [0.2, 0.25) is 0 Å². The molecule has 2 aromatic carbocycles. The first-order chi connectivity index (χ1) is 8.56.